The Labute approximate surface area is 440 Å². The summed E-state index contributed by atoms with van der Waals surface area (Å²) in [4.78, 5) is 54.4. The average molecular weight is 1010 g/mol. The number of likely N-dealkylation sites (N-methyl/N-ethyl adjacent to an activating group) is 1. The van der Waals surface area contributed by atoms with Gasteiger partial charge in [0.25, 0.3) is 0 Å². The first-order valence-corrected chi connectivity index (χ1v) is 29.8. The third kappa shape index (κ3) is 32.7. The largest absolute Gasteiger partial charge is 0.497 e. The summed E-state index contributed by atoms with van der Waals surface area (Å²) in [7, 11) is 5.80. The lowest BCUT2D eigenvalue weighted by atomic mass is 9.96. The number of carbonyl (C=O) groups is 4. The van der Waals surface area contributed by atoms with Crippen molar-refractivity contribution in [2.75, 3.05) is 41.0 Å². The summed E-state index contributed by atoms with van der Waals surface area (Å²) in [6, 6.07) is 5.96. The maximum Gasteiger partial charge on any atom is 0.306 e. The third-order valence-electron chi connectivity index (χ3n) is 14.5. The predicted molar refractivity (Wildman–Crippen MR) is 299 cm³/mol. The quantitative estimate of drug-likeness (QED) is 0.0363. The fourth-order valence-corrected chi connectivity index (χ4v) is 9.82. The monoisotopic (exact) mass is 1010 g/mol. The number of benzene rings is 1. The molecule has 10 heteroatoms. The summed E-state index contributed by atoms with van der Waals surface area (Å²) in [5, 5.41) is 1.08. The van der Waals surface area contributed by atoms with Crippen LogP contribution in [0.2, 0.25) is 0 Å². The van der Waals surface area contributed by atoms with Gasteiger partial charge in [0.05, 0.1) is 12.6 Å². The molecule has 0 fully saturated rings. The standard InChI is InChI=1S/C62H108N2O8/c1-8-10-12-14-16-18-20-22-24-26-28-30-36-40-60(66)70-50-56(51-71-61(67)41-37-31-29-27-25-23-21-19-17-15-13-11-9-2)72-62(68)47-53(4)39-35-33-32-34-38-52(3)46-59(65)64-49-54(44-45-63(5)6)57-48-55(69-7)42-43-58(57)64/h42-43,48-49,52-53,56H,8-41,44-47,50-51H2,1-7H3. The van der Waals surface area contributed by atoms with E-state index < -0.39 is 6.10 Å². The SMILES string of the molecule is CCCCCCCCCCCCCCCC(=O)OCC(COC(=O)CCCCCCCCCCCCCCC)OC(=O)CC(C)CCCCCCC(C)CC(=O)n1cc(CCN(C)C)c2cc(OC)ccc21. The van der Waals surface area contributed by atoms with Crippen LogP contribution < -0.4 is 4.74 Å². The molecule has 0 aliphatic rings. The van der Waals surface area contributed by atoms with Crippen LogP contribution >= 0.6 is 0 Å². The fraction of sp³-hybridized carbons (Fsp3) is 0.806. The number of rotatable bonds is 48. The van der Waals surface area contributed by atoms with Gasteiger partial charge in [-0.1, -0.05) is 220 Å². The minimum absolute atomic E-state index is 0.109. The second kappa shape index (κ2) is 42.9. The van der Waals surface area contributed by atoms with Gasteiger partial charge >= 0.3 is 17.9 Å². The highest BCUT2D eigenvalue weighted by atomic mass is 16.6. The Hall–Kier alpha value is -3.40. The van der Waals surface area contributed by atoms with Crippen LogP contribution in [0.1, 0.15) is 269 Å². The van der Waals surface area contributed by atoms with E-state index >= 15 is 0 Å². The van der Waals surface area contributed by atoms with Crippen LogP contribution in [0.25, 0.3) is 10.9 Å². The van der Waals surface area contributed by atoms with Crippen LogP contribution in [-0.4, -0.2) is 80.3 Å². The number of carbonyl (C=O) groups excluding carboxylic acids is 4. The first-order chi connectivity index (χ1) is 35.0. The molecule has 0 amide bonds. The second-order valence-corrected chi connectivity index (χ2v) is 21.9. The summed E-state index contributed by atoms with van der Waals surface area (Å²) in [5.41, 5.74) is 2.10. The normalized spacial score (nSPS) is 12.5. The number of nitrogens with zero attached hydrogens (tertiary/aromatic N) is 2. The molecule has 414 valence electrons. The maximum absolute atomic E-state index is 13.5. The highest BCUT2D eigenvalue weighted by molar-refractivity contribution is 5.95. The minimum Gasteiger partial charge on any atom is -0.497 e. The first-order valence-electron chi connectivity index (χ1n) is 29.8. The van der Waals surface area contributed by atoms with Gasteiger partial charge in [0.2, 0.25) is 5.91 Å². The van der Waals surface area contributed by atoms with Crippen LogP contribution in [0.5, 0.6) is 5.75 Å². The van der Waals surface area contributed by atoms with Crippen molar-refractivity contribution in [2.45, 2.75) is 271 Å². The van der Waals surface area contributed by atoms with Gasteiger partial charge in [-0.15, -0.1) is 0 Å². The number of unbranched alkanes of at least 4 members (excludes halogenated alkanes) is 27. The molecule has 0 saturated heterocycles. The zero-order valence-corrected chi connectivity index (χ0v) is 47.5. The van der Waals surface area contributed by atoms with E-state index in [1.807, 2.05) is 29.0 Å². The van der Waals surface area contributed by atoms with Gasteiger partial charge in [-0.25, -0.2) is 0 Å². The molecule has 72 heavy (non-hydrogen) atoms. The summed E-state index contributed by atoms with van der Waals surface area (Å²) < 4.78 is 24.4. The smallest absolute Gasteiger partial charge is 0.306 e. The Balaban J connectivity index is 1.72. The van der Waals surface area contributed by atoms with E-state index in [1.165, 1.54) is 128 Å². The molecule has 0 aliphatic carbocycles. The van der Waals surface area contributed by atoms with E-state index in [-0.39, 0.29) is 55.3 Å². The number of fused-ring (bicyclic) bond motifs is 1. The third-order valence-corrected chi connectivity index (χ3v) is 14.5. The van der Waals surface area contributed by atoms with Gasteiger partial charge in [0, 0.05) is 43.8 Å². The molecule has 2 atom stereocenters. The van der Waals surface area contributed by atoms with Crippen LogP contribution in [0.4, 0.5) is 0 Å². The van der Waals surface area contributed by atoms with E-state index in [4.69, 9.17) is 18.9 Å². The molecule has 0 saturated carbocycles. The van der Waals surface area contributed by atoms with E-state index in [0.29, 0.717) is 19.3 Å². The molecule has 2 aromatic rings. The molecule has 2 rings (SSSR count). The van der Waals surface area contributed by atoms with Crippen molar-refractivity contribution >= 4 is 34.7 Å². The van der Waals surface area contributed by atoms with Crippen molar-refractivity contribution < 1.29 is 38.1 Å². The fourth-order valence-electron chi connectivity index (χ4n) is 9.82. The van der Waals surface area contributed by atoms with Crippen molar-refractivity contribution in [1.82, 2.24) is 9.47 Å². The lowest BCUT2D eigenvalue weighted by molar-refractivity contribution is -0.167. The number of aromatic nitrogens is 1. The van der Waals surface area contributed by atoms with Crippen molar-refractivity contribution in [3.05, 3.63) is 30.0 Å². The zero-order chi connectivity index (χ0) is 52.4. The number of ether oxygens (including phenoxy) is 4. The van der Waals surface area contributed by atoms with E-state index in [2.05, 4.69) is 46.7 Å². The molecular formula is C62H108N2O8. The molecule has 0 radical (unpaired) electrons. The summed E-state index contributed by atoms with van der Waals surface area (Å²) >= 11 is 0. The van der Waals surface area contributed by atoms with Gasteiger partial charge in [-0.05, 0) is 69.0 Å². The van der Waals surface area contributed by atoms with Crippen molar-refractivity contribution in [2.24, 2.45) is 11.8 Å². The molecule has 1 aromatic heterocycles. The Morgan fingerprint density at radius 2 is 0.958 bits per heavy atom. The summed E-state index contributed by atoms with van der Waals surface area (Å²) in [6.45, 7) is 9.45. The van der Waals surface area contributed by atoms with Gasteiger partial charge in [0.15, 0.2) is 6.10 Å². The highest BCUT2D eigenvalue weighted by Crippen LogP contribution is 2.28. The van der Waals surface area contributed by atoms with Gasteiger partial charge in [0.1, 0.15) is 19.0 Å². The van der Waals surface area contributed by atoms with Crippen LogP contribution in [0.3, 0.4) is 0 Å². The molecule has 2 unspecified atom stereocenters. The molecule has 1 aromatic carbocycles. The van der Waals surface area contributed by atoms with Gasteiger partial charge in [-0.3, -0.25) is 23.7 Å². The van der Waals surface area contributed by atoms with Gasteiger partial charge < -0.3 is 23.8 Å². The summed E-state index contributed by atoms with van der Waals surface area (Å²) in [6.07, 6.45) is 41.8. The van der Waals surface area contributed by atoms with Gasteiger partial charge in [-0.2, -0.15) is 0 Å². The summed E-state index contributed by atoms with van der Waals surface area (Å²) in [5.74, 6) is 0.375. The maximum atomic E-state index is 13.5. The van der Waals surface area contributed by atoms with Crippen molar-refractivity contribution in [1.29, 1.82) is 0 Å². The first kappa shape index (κ1) is 64.7. The number of esters is 3. The lowest BCUT2D eigenvalue weighted by Crippen LogP contribution is -2.31. The Morgan fingerprint density at radius 1 is 0.542 bits per heavy atom. The number of hydrogen-bond donors (Lipinski definition) is 0. The van der Waals surface area contributed by atoms with Crippen molar-refractivity contribution in [3.63, 3.8) is 0 Å². The average Bonchev–Trinajstić information content (AvgIpc) is 3.73. The van der Waals surface area contributed by atoms with Crippen molar-refractivity contribution in [3.8, 4) is 5.75 Å². The highest BCUT2D eigenvalue weighted by Gasteiger charge is 2.22. The Kier molecular flexibility index (Phi) is 38.6. The van der Waals surface area contributed by atoms with Crippen LogP contribution in [-0.2, 0) is 35.0 Å². The minimum atomic E-state index is -0.824. The predicted octanol–water partition coefficient (Wildman–Crippen LogP) is 16.7. The van der Waals surface area contributed by atoms with Crippen LogP contribution in [0.15, 0.2) is 24.4 Å². The molecule has 0 spiro atoms. The number of hydrogen-bond acceptors (Lipinski definition) is 9. The number of methoxy groups -OCH3 is 1. The Morgan fingerprint density at radius 3 is 1.39 bits per heavy atom. The molecule has 10 nitrogen and oxygen atoms in total. The molecule has 1 heterocycles. The van der Waals surface area contributed by atoms with E-state index in [1.54, 1.807) is 7.11 Å². The zero-order valence-electron chi connectivity index (χ0n) is 47.5. The molecule has 0 bridgehead atoms. The Bertz CT molecular complexity index is 1640. The van der Waals surface area contributed by atoms with E-state index in [0.717, 1.165) is 112 Å². The topological polar surface area (TPSA) is 113 Å². The molecular weight excluding hydrogens is 901 g/mol. The molecule has 0 aliphatic heterocycles. The second-order valence-electron chi connectivity index (χ2n) is 21.9. The lowest BCUT2D eigenvalue weighted by Gasteiger charge is -2.19. The van der Waals surface area contributed by atoms with E-state index in [9.17, 15) is 19.2 Å². The van der Waals surface area contributed by atoms with Crippen LogP contribution in [0, 0.1) is 11.8 Å². The molecule has 0 N–H and O–H groups in total.